The van der Waals surface area contributed by atoms with E-state index >= 15 is 0 Å². The Bertz CT molecular complexity index is 845. The van der Waals surface area contributed by atoms with E-state index in [1.807, 2.05) is 6.20 Å². The molecule has 0 unspecified atom stereocenters. The second-order valence-corrected chi connectivity index (χ2v) is 7.38. The van der Waals surface area contributed by atoms with Crippen molar-refractivity contribution in [3.8, 4) is 30.8 Å². The van der Waals surface area contributed by atoms with E-state index in [0.717, 1.165) is 11.3 Å². The van der Waals surface area contributed by atoms with Crippen molar-refractivity contribution in [2.75, 3.05) is 0 Å². The first-order chi connectivity index (χ1) is 10.4. The van der Waals surface area contributed by atoms with E-state index in [1.54, 1.807) is 40.3 Å². The van der Waals surface area contributed by atoms with E-state index in [0.29, 0.717) is 0 Å². The van der Waals surface area contributed by atoms with Gasteiger partial charge in [-0.05, 0) is 35.0 Å². The fourth-order valence-corrected chi connectivity index (χ4v) is 4.74. The van der Waals surface area contributed by atoms with Gasteiger partial charge >= 0.3 is 0 Å². The topological polar surface area (TPSA) is 25.8 Å². The van der Waals surface area contributed by atoms with Gasteiger partial charge in [0, 0.05) is 26.4 Å². The number of nitrogens with zero attached hydrogens (tertiary/aromatic N) is 2. The zero-order valence-electron chi connectivity index (χ0n) is 10.9. The highest BCUT2D eigenvalue weighted by atomic mass is 32.1. The molecule has 5 heteroatoms. The van der Waals surface area contributed by atoms with Crippen LogP contribution in [-0.2, 0) is 0 Å². The van der Waals surface area contributed by atoms with Crippen molar-refractivity contribution in [1.29, 1.82) is 0 Å². The third kappa shape index (κ3) is 2.44. The Kier molecular flexibility index (Phi) is 3.39. The molecule has 4 heterocycles. The third-order valence-electron chi connectivity index (χ3n) is 3.10. The van der Waals surface area contributed by atoms with Gasteiger partial charge in [-0.15, -0.1) is 34.0 Å². The van der Waals surface area contributed by atoms with Crippen LogP contribution < -0.4 is 0 Å². The normalized spacial score (nSPS) is 10.9. The zero-order valence-corrected chi connectivity index (χ0v) is 13.3. The summed E-state index contributed by atoms with van der Waals surface area (Å²) in [7, 11) is 0. The lowest BCUT2D eigenvalue weighted by Crippen LogP contribution is -1.86. The standard InChI is InChI=1S/C16H10N2S3/c1-3-12(19-7-1)11-9-17-10-18-16(11)15-6-5-14(21-15)13-4-2-8-20-13/h1-10H. The van der Waals surface area contributed by atoms with Crippen molar-refractivity contribution in [3.05, 3.63) is 59.7 Å². The number of hydrogen-bond acceptors (Lipinski definition) is 5. The van der Waals surface area contributed by atoms with E-state index < -0.39 is 0 Å². The van der Waals surface area contributed by atoms with Crippen LogP contribution in [0, 0.1) is 0 Å². The minimum Gasteiger partial charge on any atom is -0.244 e. The van der Waals surface area contributed by atoms with Gasteiger partial charge in [0.1, 0.15) is 6.33 Å². The Hall–Kier alpha value is -1.82. The number of thiophene rings is 3. The van der Waals surface area contributed by atoms with Gasteiger partial charge in [-0.1, -0.05) is 12.1 Å². The molecule has 0 amide bonds. The summed E-state index contributed by atoms with van der Waals surface area (Å²) in [4.78, 5) is 13.7. The van der Waals surface area contributed by atoms with Gasteiger partial charge in [-0.2, -0.15) is 0 Å². The van der Waals surface area contributed by atoms with E-state index in [4.69, 9.17) is 0 Å². The largest absolute Gasteiger partial charge is 0.244 e. The van der Waals surface area contributed by atoms with Gasteiger partial charge in [0.15, 0.2) is 0 Å². The monoisotopic (exact) mass is 326 g/mol. The van der Waals surface area contributed by atoms with Crippen molar-refractivity contribution < 1.29 is 0 Å². The van der Waals surface area contributed by atoms with Crippen LogP contribution in [0.2, 0.25) is 0 Å². The van der Waals surface area contributed by atoms with Crippen molar-refractivity contribution in [2.45, 2.75) is 0 Å². The summed E-state index contributed by atoms with van der Waals surface area (Å²) in [6.07, 6.45) is 3.52. The molecule has 0 atom stereocenters. The molecule has 0 N–H and O–H groups in total. The summed E-state index contributed by atoms with van der Waals surface area (Å²) in [6, 6.07) is 12.7. The first-order valence-corrected chi connectivity index (χ1v) is 8.97. The summed E-state index contributed by atoms with van der Waals surface area (Å²) in [5.41, 5.74) is 2.12. The maximum absolute atomic E-state index is 4.51. The highest BCUT2D eigenvalue weighted by Gasteiger charge is 2.13. The first kappa shape index (κ1) is 12.9. The fraction of sp³-hybridized carbons (Fsp3) is 0. The molecule has 0 spiro atoms. The van der Waals surface area contributed by atoms with Crippen molar-refractivity contribution in [2.24, 2.45) is 0 Å². The molecule has 2 nitrogen and oxygen atoms in total. The lowest BCUT2D eigenvalue weighted by molar-refractivity contribution is 1.18. The van der Waals surface area contributed by atoms with Crippen LogP contribution in [-0.4, -0.2) is 9.97 Å². The lowest BCUT2D eigenvalue weighted by Gasteiger charge is -2.03. The van der Waals surface area contributed by atoms with Crippen LogP contribution in [0.1, 0.15) is 0 Å². The van der Waals surface area contributed by atoms with Crippen LogP contribution >= 0.6 is 34.0 Å². The minimum atomic E-state index is 1.01. The lowest BCUT2D eigenvalue weighted by atomic mass is 10.1. The molecule has 0 saturated heterocycles. The predicted molar refractivity (Wildman–Crippen MR) is 92.0 cm³/mol. The highest BCUT2D eigenvalue weighted by Crippen LogP contribution is 2.39. The van der Waals surface area contributed by atoms with Gasteiger partial charge in [0.2, 0.25) is 0 Å². The Morgan fingerprint density at radius 3 is 2.29 bits per heavy atom. The van der Waals surface area contributed by atoms with Crippen LogP contribution in [0.5, 0.6) is 0 Å². The highest BCUT2D eigenvalue weighted by molar-refractivity contribution is 7.23. The molecule has 0 aliphatic rings. The summed E-state index contributed by atoms with van der Waals surface area (Å²) in [5, 5.41) is 4.19. The van der Waals surface area contributed by atoms with Crippen molar-refractivity contribution in [1.82, 2.24) is 9.97 Å². The number of aromatic nitrogens is 2. The second kappa shape index (κ2) is 5.52. The van der Waals surface area contributed by atoms with Crippen LogP contribution in [0.25, 0.3) is 30.8 Å². The quantitative estimate of drug-likeness (QED) is 0.485. The Balaban J connectivity index is 1.81. The first-order valence-electron chi connectivity index (χ1n) is 6.40. The molecule has 0 radical (unpaired) electrons. The Labute approximate surface area is 134 Å². The Morgan fingerprint density at radius 2 is 1.52 bits per heavy atom. The van der Waals surface area contributed by atoms with Crippen LogP contribution in [0.15, 0.2) is 59.7 Å². The fourth-order valence-electron chi connectivity index (χ4n) is 2.15. The van der Waals surface area contributed by atoms with E-state index in [1.165, 1.54) is 19.5 Å². The second-order valence-electron chi connectivity index (χ2n) is 4.40. The van der Waals surface area contributed by atoms with Gasteiger partial charge in [-0.3, -0.25) is 0 Å². The average Bonchev–Trinajstić information content (AvgIpc) is 3.27. The van der Waals surface area contributed by atoms with Gasteiger partial charge in [-0.25, -0.2) is 9.97 Å². The maximum Gasteiger partial charge on any atom is 0.116 e. The molecule has 0 aliphatic carbocycles. The van der Waals surface area contributed by atoms with E-state index in [-0.39, 0.29) is 0 Å². The van der Waals surface area contributed by atoms with E-state index in [2.05, 4.69) is 57.1 Å². The predicted octanol–water partition coefficient (Wildman–Crippen LogP) is 5.66. The van der Waals surface area contributed by atoms with Gasteiger partial charge in [0.25, 0.3) is 0 Å². The molecule has 0 saturated carbocycles. The smallest absolute Gasteiger partial charge is 0.116 e. The molecule has 4 aromatic heterocycles. The maximum atomic E-state index is 4.51. The molecule has 0 fully saturated rings. The van der Waals surface area contributed by atoms with Gasteiger partial charge in [0.05, 0.1) is 10.6 Å². The number of rotatable bonds is 3. The summed E-state index contributed by atoms with van der Waals surface area (Å²) < 4.78 is 0. The molecule has 21 heavy (non-hydrogen) atoms. The SMILES string of the molecule is c1csc(-c2ccc(-c3ncncc3-c3cccs3)s2)c1. The van der Waals surface area contributed by atoms with Gasteiger partial charge < -0.3 is 0 Å². The summed E-state index contributed by atoms with van der Waals surface area (Å²) in [5.74, 6) is 0. The van der Waals surface area contributed by atoms with Crippen LogP contribution in [0.3, 0.4) is 0 Å². The summed E-state index contributed by atoms with van der Waals surface area (Å²) in [6.45, 7) is 0. The number of hydrogen-bond donors (Lipinski definition) is 0. The molecule has 102 valence electrons. The van der Waals surface area contributed by atoms with E-state index in [9.17, 15) is 0 Å². The zero-order chi connectivity index (χ0) is 14.1. The molecule has 4 rings (SSSR count). The average molecular weight is 326 g/mol. The third-order valence-corrected chi connectivity index (χ3v) is 6.16. The molecule has 0 aliphatic heterocycles. The summed E-state index contributed by atoms with van der Waals surface area (Å²) >= 11 is 5.26. The van der Waals surface area contributed by atoms with Crippen molar-refractivity contribution >= 4 is 34.0 Å². The molecular formula is C16H10N2S3. The Morgan fingerprint density at radius 1 is 0.762 bits per heavy atom. The minimum absolute atomic E-state index is 1.01. The molecule has 4 aromatic rings. The molecular weight excluding hydrogens is 316 g/mol. The van der Waals surface area contributed by atoms with Crippen LogP contribution in [0.4, 0.5) is 0 Å². The molecule has 0 bridgehead atoms. The molecule has 0 aromatic carbocycles. The van der Waals surface area contributed by atoms with Crippen molar-refractivity contribution in [3.63, 3.8) is 0 Å².